The molecule has 5 nitrogen and oxygen atoms in total. The number of nitrogens with zero attached hydrogens (tertiary/aromatic N) is 4. The molecule has 0 aliphatic carbocycles. The third kappa shape index (κ3) is 2.95. The third-order valence-electron chi connectivity index (χ3n) is 3.51. The SMILES string of the molecule is CC(Cl)c1nnc(N2CCN(c3ccccc3F)CC2)o1. The number of rotatable bonds is 3. The molecule has 1 unspecified atom stereocenters. The van der Waals surface area contributed by atoms with E-state index in [0.29, 0.717) is 43.8 Å². The molecule has 0 saturated carbocycles. The fourth-order valence-electron chi connectivity index (χ4n) is 2.36. The van der Waals surface area contributed by atoms with Crippen molar-refractivity contribution in [2.24, 2.45) is 0 Å². The molecule has 0 bridgehead atoms. The van der Waals surface area contributed by atoms with E-state index in [4.69, 9.17) is 16.0 Å². The summed E-state index contributed by atoms with van der Waals surface area (Å²) in [6.45, 7) is 4.60. The summed E-state index contributed by atoms with van der Waals surface area (Å²) in [5.74, 6) is 0.227. The van der Waals surface area contributed by atoms with Gasteiger partial charge in [0, 0.05) is 26.2 Å². The maximum atomic E-state index is 13.8. The largest absolute Gasteiger partial charge is 0.406 e. The minimum atomic E-state index is -0.300. The van der Waals surface area contributed by atoms with Gasteiger partial charge in [0.25, 0.3) is 0 Å². The first-order chi connectivity index (χ1) is 10.1. The summed E-state index contributed by atoms with van der Waals surface area (Å²) in [5.41, 5.74) is 0.637. The maximum absolute atomic E-state index is 13.8. The monoisotopic (exact) mass is 310 g/mol. The Morgan fingerprint density at radius 2 is 1.81 bits per heavy atom. The van der Waals surface area contributed by atoms with E-state index in [1.54, 1.807) is 19.1 Å². The lowest BCUT2D eigenvalue weighted by Gasteiger charge is -2.35. The molecule has 112 valence electrons. The highest BCUT2D eigenvalue weighted by molar-refractivity contribution is 6.20. The fourth-order valence-corrected chi connectivity index (χ4v) is 2.45. The smallest absolute Gasteiger partial charge is 0.318 e. The van der Waals surface area contributed by atoms with E-state index in [1.165, 1.54) is 6.07 Å². The molecule has 21 heavy (non-hydrogen) atoms. The number of piperazine rings is 1. The Hall–Kier alpha value is -1.82. The van der Waals surface area contributed by atoms with E-state index in [0.717, 1.165) is 0 Å². The first kappa shape index (κ1) is 14.1. The summed E-state index contributed by atoms with van der Waals surface area (Å²) in [5, 5.41) is 7.63. The molecular weight excluding hydrogens is 295 g/mol. The first-order valence-electron chi connectivity index (χ1n) is 6.87. The number of anilines is 2. The summed E-state index contributed by atoms with van der Waals surface area (Å²) < 4.78 is 19.3. The number of alkyl halides is 1. The Morgan fingerprint density at radius 3 is 2.43 bits per heavy atom. The van der Waals surface area contributed by atoms with Crippen LogP contribution in [0.5, 0.6) is 0 Å². The second-order valence-electron chi connectivity index (χ2n) is 4.96. The Kier molecular flexibility index (Phi) is 3.96. The zero-order valence-corrected chi connectivity index (χ0v) is 12.4. The zero-order valence-electron chi connectivity index (χ0n) is 11.7. The van der Waals surface area contributed by atoms with Crippen molar-refractivity contribution >= 4 is 23.3 Å². The van der Waals surface area contributed by atoms with Crippen LogP contribution in [0.3, 0.4) is 0 Å². The van der Waals surface area contributed by atoms with Crippen molar-refractivity contribution in [2.45, 2.75) is 12.3 Å². The van der Waals surface area contributed by atoms with Crippen molar-refractivity contribution in [1.82, 2.24) is 10.2 Å². The van der Waals surface area contributed by atoms with Gasteiger partial charge < -0.3 is 14.2 Å². The first-order valence-corrected chi connectivity index (χ1v) is 7.30. The number of para-hydroxylation sites is 1. The molecule has 7 heteroatoms. The number of aromatic nitrogens is 2. The molecule has 1 fully saturated rings. The van der Waals surface area contributed by atoms with Crippen LogP contribution >= 0.6 is 11.6 Å². The van der Waals surface area contributed by atoms with Crippen molar-refractivity contribution < 1.29 is 8.81 Å². The van der Waals surface area contributed by atoms with Crippen molar-refractivity contribution in [3.8, 4) is 0 Å². The van der Waals surface area contributed by atoms with Crippen molar-refractivity contribution in [2.75, 3.05) is 36.0 Å². The van der Waals surface area contributed by atoms with Gasteiger partial charge in [0.1, 0.15) is 11.2 Å². The molecule has 0 N–H and O–H groups in total. The van der Waals surface area contributed by atoms with Crippen molar-refractivity contribution in [3.63, 3.8) is 0 Å². The number of benzene rings is 1. The predicted molar refractivity (Wildman–Crippen MR) is 79.4 cm³/mol. The Bertz CT molecular complexity index is 611. The van der Waals surface area contributed by atoms with Gasteiger partial charge in [-0.2, -0.15) is 0 Å². The molecule has 2 aromatic rings. The molecule has 1 aliphatic rings. The van der Waals surface area contributed by atoms with E-state index in [1.807, 2.05) is 15.9 Å². The normalized spacial score (nSPS) is 17.1. The minimum Gasteiger partial charge on any atom is -0.406 e. The molecule has 1 aromatic carbocycles. The molecule has 3 rings (SSSR count). The van der Waals surface area contributed by atoms with Crippen LogP contribution in [0, 0.1) is 5.82 Å². The van der Waals surface area contributed by atoms with Gasteiger partial charge in [-0.15, -0.1) is 16.7 Å². The molecule has 0 spiro atoms. The number of hydrogen-bond acceptors (Lipinski definition) is 5. The van der Waals surface area contributed by atoms with Gasteiger partial charge in [0.2, 0.25) is 5.89 Å². The quantitative estimate of drug-likeness (QED) is 0.816. The molecule has 1 aromatic heterocycles. The maximum Gasteiger partial charge on any atom is 0.318 e. The average molecular weight is 311 g/mol. The summed E-state index contributed by atoms with van der Waals surface area (Å²) >= 11 is 5.91. The number of halogens is 2. The highest BCUT2D eigenvalue weighted by Gasteiger charge is 2.23. The minimum absolute atomic E-state index is 0.193. The van der Waals surface area contributed by atoms with E-state index < -0.39 is 0 Å². The van der Waals surface area contributed by atoms with Gasteiger partial charge in [-0.05, 0) is 19.1 Å². The van der Waals surface area contributed by atoms with Gasteiger partial charge in [0.15, 0.2) is 0 Å². The molecule has 2 heterocycles. The van der Waals surface area contributed by atoms with Crippen LogP contribution in [-0.4, -0.2) is 36.4 Å². The molecule has 0 radical (unpaired) electrons. The van der Waals surface area contributed by atoms with Crippen molar-refractivity contribution in [3.05, 3.63) is 36.0 Å². The molecule has 0 amide bonds. The van der Waals surface area contributed by atoms with E-state index >= 15 is 0 Å². The highest BCUT2D eigenvalue weighted by Crippen LogP contribution is 2.24. The summed E-state index contributed by atoms with van der Waals surface area (Å²) in [6, 6.07) is 7.30. The molecule has 1 saturated heterocycles. The fraction of sp³-hybridized carbons (Fsp3) is 0.429. The van der Waals surface area contributed by atoms with Crippen LogP contribution in [0.15, 0.2) is 28.7 Å². The lowest BCUT2D eigenvalue weighted by molar-refractivity contribution is 0.474. The molecule has 1 aliphatic heterocycles. The Labute approximate surface area is 127 Å². The third-order valence-corrected chi connectivity index (χ3v) is 3.70. The van der Waals surface area contributed by atoms with Crippen LogP contribution < -0.4 is 9.80 Å². The van der Waals surface area contributed by atoms with Gasteiger partial charge in [-0.1, -0.05) is 17.2 Å². The van der Waals surface area contributed by atoms with Crippen LogP contribution in [0.4, 0.5) is 16.1 Å². The van der Waals surface area contributed by atoms with Crippen LogP contribution in [0.1, 0.15) is 18.2 Å². The van der Waals surface area contributed by atoms with Gasteiger partial charge in [0.05, 0.1) is 5.69 Å². The lowest BCUT2D eigenvalue weighted by atomic mass is 10.2. The number of hydrogen-bond donors (Lipinski definition) is 0. The molecular formula is C14H16ClFN4O. The summed E-state index contributed by atoms with van der Waals surface area (Å²) in [4.78, 5) is 4.01. The standard InChI is InChI=1S/C14H16ClFN4O/c1-10(15)13-17-18-14(21-13)20-8-6-19(7-9-20)12-5-3-2-4-11(12)16/h2-5,10H,6-9H2,1H3. The zero-order chi connectivity index (χ0) is 14.8. The van der Waals surface area contributed by atoms with Crippen molar-refractivity contribution in [1.29, 1.82) is 0 Å². The van der Waals surface area contributed by atoms with Gasteiger partial charge in [-0.25, -0.2) is 4.39 Å². The topological polar surface area (TPSA) is 45.4 Å². The Morgan fingerprint density at radius 1 is 1.14 bits per heavy atom. The summed E-state index contributed by atoms with van der Waals surface area (Å²) in [6.07, 6.45) is 0. The lowest BCUT2D eigenvalue weighted by Crippen LogP contribution is -2.47. The van der Waals surface area contributed by atoms with Crippen LogP contribution in [-0.2, 0) is 0 Å². The van der Waals surface area contributed by atoms with Crippen LogP contribution in [0.25, 0.3) is 0 Å². The van der Waals surface area contributed by atoms with E-state index in [9.17, 15) is 4.39 Å². The van der Waals surface area contributed by atoms with Crippen LogP contribution in [0.2, 0.25) is 0 Å². The second-order valence-corrected chi connectivity index (χ2v) is 5.62. The second kappa shape index (κ2) is 5.89. The summed E-state index contributed by atoms with van der Waals surface area (Å²) in [7, 11) is 0. The average Bonchev–Trinajstić information content (AvgIpc) is 2.98. The highest BCUT2D eigenvalue weighted by atomic mass is 35.5. The van der Waals surface area contributed by atoms with E-state index in [2.05, 4.69) is 10.2 Å². The van der Waals surface area contributed by atoms with E-state index in [-0.39, 0.29) is 11.2 Å². The van der Waals surface area contributed by atoms with Gasteiger partial charge >= 0.3 is 6.01 Å². The van der Waals surface area contributed by atoms with Gasteiger partial charge in [-0.3, -0.25) is 0 Å². The Balaban J connectivity index is 1.66. The predicted octanol–water partition coefficient (Wildman–Crippen LogP) is 2.84. The molecule has 1 atom stereocenters.